The molecule has 2 aromatic carbocycles. The molecule has 1 unspecified atom stereocenters. The number of hydrazine groups is 1. The number of benzene rings is 2. The van der Waals surface area contributed by atoms with E-state index >= 15 is 0 Å². The van der Waals surface area contributed by atoms with Gasteiger partial charge >= 0.3 is 5.97 Å². The summed E-state index contributed by atoms with van der Waals surface area (Å²) in [6.07, 6.45) is 1.44. The minimum absolute atomic E-state index is 0.0326. The number of anilines is 1. The van der Waals surface area contributed by atoms with E-state index in [0.29, 0.717) is 24.1 Å². The number of nitrogens with one attached hydrogen (secondary N) is 2. The molecule has 11 heteroatoms. The number of halogens is 1. The first kappa shape index (κ1) is 22.5. The normalized spacial score (nSPS) is 20.7. The second kappa shape index (κ2) is 8.49. The van der Waals surface area contributed by atoms with Crippen molar-refractivity contribution < 1.29 is 33.1 Å². The van der Waals surface area contributed by atoms with E-state index in [1.54, 1.807) is 24.3 Å². The molecule has 1 saturated carbocycles. The second-order valence-corrected chi connectivity index (χ2v) is 8.53. The lowest BCUT2D eigenvalue weighted by atomic mass is 9.96. The molecule has 180 valence electrons. The van der Waals surface area contributed by atoms with Crippen molar-refractivity contribution in [1.29, 1.82) is 0 Å². The molecule has 2 fully saturated rings. The van der Waals surface area contributed by atoms with E-state index in [9.17, 15) is 28.4 Å². The van der Waals surface area contributed by atoms with Gasteiger partial charge in [-0.1, -0.05) is 24.3 Å². The number of fused-ring (bicyclic) bond motifs is 3. The van der Waals surface area contributed by atoms with Crippen LogP contribution in [0.3, 0.4) is 0 Å². The zero-order valence-electron chi connectivity index (χ0n) is 18.5. The second-order valence-electron chi connectivity index (χ2n) is 8.53. The van der Waals surface area contributed by atoms with Crippen LogP contribution in [0.4, 0.5) is 10.1 Å². The van der Waals surface area contributed by atoms with Crippen LogP contribution in [0.2, 0.25) is 0 Å². The maximum atomic E-state index is 13.7. The molecule has 0 bridgehead atoms. The predicted octanol–water partition coefficient (Wildman–Crippen LogP) is 1.27. The van der Waals surface area contributed by atoms with Crippen molar-refractivity contribution in [2.75, 3.05) is 11.5 Å². The van der Waals surface area contributed by atoms with Crippen molar-refractivity contribution in [2.24, 2.45) is 0 Å². The molecule has 3 aliphatic rings. The topological polar surface area (TPSA) is 125 Å². The van der Waals surface area contributed by atoms with Gasteiger partial charge in [-0.2, -0.15) is 0 Å². The predicted molar refractivity (Wildman–Crippen MR) is 118 cm³/mol. The fourth-order valence-corrected chi connectivity index (χ4v) is 4.63. The highest BCUT2D eigenvalue weighted by Gasteiger charge is 2.64. The van der Waals surface area contributed by atoms with Crippen LogP contribution in [0, 0.1) is 5.82 Å². The van der Waals surface area contributed by atoms with E-state index in [4.69, 9.17) is 4.74 Å². The van der Waals surface area contributed by atoms with Crippen molar-refractivity contribution in [3.05, 3.63) is 65.5 Å². The third kappa shape index (κ3) is 3.69. The minimum atomic E-state index is -1.68. The number of ether oxygens (including phenoxy) is 1. The first-order valence-corrected chi connectivity index (χ1v) is 11.1. The van der Waals surface area contributed by atoms with Gasteiger partial charge < -0.3 is 9.64 Å². The standard InChI is InChI=1S/C24H21FN4O6/c25-17-7-3-1-5-15(17)21(32)27-26-19(30)13-35-23(34)24-12-11-20(31)29(24)18-8-4-2-6-16(18)22(33)28(24)14-9-10-14/h1-8,14H,9-13H2,(H,26,30)(H,27,32). The molecule has 1 atom stereocenters. The van der Waals surface area contributed by atoms with Crippen molar-refractivity contribution in [1.82, 2.24) is 15.8 Å². The van der Waals surface area contributed by atoms with Gasteiger partial charge in [-0.25, -0.2) is 9.18 Å². The molecule has 2 aromatic rings. The quantitative estimate of drug-likeness (QED) is 0.491. The fourth-order valence-electron chi connectivity index (χ4n) is 4.63. The smallest absolute Gasteiger partial charge is 0.354 e. The van der Waals surface area contributed by atoms with Gasteiger partial charge in [-0.3, -0.25) is 34.9 Å². The third-order valence-corrected chi connectivity index (χ3v) is 6.31. The lowest BCUT2D eigenvalue weighted by molar-refractivity contribution is -0.160. The van der Waals surface area contributed by atoms with Crippen LogP contribution < -0.4 is 15.8 Å². The number of amides is 4. The lowest BCUT2D eigenvalue weighted by Gasteiger charge is -2.48. The van der Waals surface area contributed by atoms with Gasteiger partial charge in [0.2, 0.25) is 11.6 Å². The summed E-state index contributed by atoms with van der Waals surface area (Å²) in [5.74, 6) is -4.13. The molecule has 0 spiro atoms. The van der Waals surface area contributed by atoms with E-state index in [-0.39, 0.29) is 36.3 Å². The van der Waals surface area contributed by atoms with Crippen LogP contribution in [-0.4, -0.2) is 52.8 Å². The first-order valence-electron chi connectivity index (χ1n) is 11.1. The van der Waals surface area contributed by atoms with Gasteiger partial charge in [0, 0.05) is 18.9 Å². The SMILES string of the molecule is O=C(COC(=O)C12CCC(=O)N1c1ccccc1C(=O)N2C1CC1)NNC(=O)c1ccccc1F. The Hall–Kier alpha value is -4.28. The van der Waals surface area contributed by atoms with Crippen LogP contribution in [0.15, 0.2) is 48.5 Å². The van der Waals surface area contributed by atoms with Crippen LogP contribution in [0.5, 0.6) is 0 Å². The number of hydrogen-bond donors (Lipinski definition) is 2. The van der Waals surface area contributed by atoms with E-state index < -0.39 is 35.9 Å². The van der Waals surface area contributed by atoms with Crippen LogP contribution >= 0.6 is 0 Å². The summed E-state index contributed by atoms with van der Waals surface area (Å²) in [5, 5.41) is 0. The monoisotopic (exact) mass is 480 g/mol. The molecular formula is C24H21FN4O6. The minimum Gasteiger partial charge on any atom is -0.452 e. The summed E-state index contributed by atoms with van der Waals surface area (Å²) in [7, 11) is 0. The Morgan fingerprint density at radius 1 is 1.03 bits per heavy atom. The number of nitrogens with zero attached hydrogens (tertiary/aromatic N) is 2. The Bertz CT molecular complexity index is 1260. The van der Waals surface area contributed by atoms with E-state index in [1.807, 2.05) is 0 Å². The number of carbonyl (C=O) groups is 5. The summed E-state index contributed by atoms with van der Waals surface area (Å²) in [6, 6.07) is 11.6. The average Bonchev–Trinajstić information content (AvgIpc) is 3.63. The Labute approximate surface area is 199 Å². The zero-order valence-corrected chi connectivity index (χ0v) is 18.5. The summed E-state index contributed by atoms with van der Waals surface area (Å²) < 4.78 is 19.0. The molecule has 2 N–H and O–H groups in total. The van der Waals surface area contributed by atoms with Crippen molar-refractivity contribution in [3.8, 4) is 0 Å². The largest absolute Gasteiger partial charge is 0.452 e. The van der Waals surface area contributed by atoms with Crippen molar-refractivity contribution in [3.63, 3.8) is 0 Å². The van der Waals surface area contributed by atoms with Crippen LogP contribution in [0.1, 0.15) is 46.4 Å². The van der Waals surface area contributed by atoms with Gasteiger partial charge in [0.1, 0.15) is 5.82 Å². The number of rotatable bonds is 5. The molecule has 1 aliphatic carbocycles. The van der Waals surface area contributed by atoms with E-state index in [1.165, 1.54) is 28.0 Å². The number of para-hydroxylation sites is 1. The van der Waals surface area contributed by atoms with Crippen LogP contribution in [0.25, 0.3) is 0 Å². The number of hydrogen-bond acceptors (Lipinski definition) is 6. The van der Waals surface area contributed by atoms with Crippen molar-refractivity contribution in [2.45, 2.75) is 37.4 Å². The highest BCUT2D eigenvalue weighted by molar-refractivity contribution is 6.15. The van der Waals surface area contributed by atoms with E-state index in [0.717, 1.165) is 6.07 Å². The van der Waals surface area contributed by atoms with Gasteiger partial charge in [0.05, 0.1) is 16.8 Å². The maximum absolute atomic E-state index is 13.7. The Morgan fingerprint density at radius 3 is 2.49 bits per heavy atom. The molecular weight excluding hydrogens is 459 g/mol. The highest BCUT2D eigenvalue weighted by atomic mass is 19.1. The molecule has 2 aliphatic heterocycles. The average molecular weight is 480 g/mol. The number of esters is 1. The molecule has 4 amide bonds. The van der Waals surface area contributed by atoms with Gasteiger partial charge in [-0.15, -0.1) is 0 Å². The molecule has 5 rings (SSSR count). The fraction of sp³-hybridized carbons (Fsp3) is 0.292. The molecule has 0 radical (unpaired) electrons. The summed E-state index contributed by atoms with van der Waals surface area (Å²) in [6.45, 7) is -0.783. The van der Waals surface area contributed by atoms with Crippen LogP contribution in [-0.2, 0) is 19.1 Å². The Balaban J connectivity index is 1.32. The third-order valence-electron chi connectivity index (χ3n) is 6.31. The highest BCUT2D eigenvalue weighted by Crippen LogP contribution is 2.49. The first-order chi connectivity index (χ1) is 16.8. The number of carbonyl (C=O) groups excluding carboxylic acids is 5. The summed E-state index contributed by atoms with van der Waals surface area (Å²) >= 11 is 0. The van der Waals surface area contributed by atoms with Gasteiger partial charge in [0.15, 0.2) is 6.61 Å². The molecule has 0 aromatic heterocycles. The summed E-state index contributed by atoms with van der Waals surface area (Å²) in [4.78, 5) is 66.7. The Morgan fingerprint density at radius 2 is 1.74 bits per heavy atom. The molecule has 1 saturated heterocycles. The molecule has 2 heterocycles. The molecule has 10 nitrogen and oxygen atoms in total. The zero-order chi connectivity index (χ0) is 24.7. The van der Waals surface area contributed by atoms with Crippen molar-refractivity contribution >= 4 is 35.3 Å². The maximum Gasteiger partial charge on any atom is 0.354 e. The van der Waals surface area contributed by atoms with E-state index in [2.05, 4.69) is 10.9 Å². The Kier molecular flexibility index (Phi) is 5.46. The summed E-state index contributed by atoms with van der Waals surface area (Å²) in [5.41, 5.74) is 2.81. The van der Waals surface area contributed by atoms with Gasteiger partial charge in [-0.05, 0) is 37.1 Å². The van der Waals surface area contributed by atoms with Gasteiger partial charge in [0.25, 0.3) is 17.7 Å². The lowest BCUT2D eigenvalue weighted by Crippen LogP contribution is -2.69. The molecule has 35 heavy (non-hydrogen) atoms.